The smallest absolute Gasteiger partial charge is 0.257 e. The van der Waals surface area contributed by atoms with Crippen LogP contribution in [-0.4, -0.2) is 83.4 Å². The maximum atomic E-state index is 14.9. The summed E-state index contributed by atoms with van der Waals surface area (Å²) in [5.74, 6) is -1.65. The maximum Gasteiger partial charge on any atom is 0.257 e. The predicted molar refractivity (Wildman–Crippen MR) is 169 cm³/mol. The average molecular weight is 620 g/mol. The van der Waals surface area contributed by atoms with E-state index >= 15 is 0 Å². The number of hydrogen-bond acceptors (Lipinski definition) is 5. The Morgan fingerprint density at radius 2 is 1.87 bits per heavy atom. The molecule has 4 amide bonds. The van der Waals surface area contributed by atoms with E-state index in [1.165, 1.54) is 15.9 Å². The summed E-state index contributed by atoms with van der Waals surface area (Å²) in [6.07, 6.45) is 2.14. The largest absolute Gasteiger partial charge is 0.497 e. The van der Waals surface area contributed by atoms with E-state index in [1.54, 1.807) is 19.2 Å². The van der Waals surface area contributed by atoms with Gasteiger partial charge in [-0.15, -0.1) is 0 Å². The van der Waals surface area contributed by atoms with Crippen molar-refractivity contribution in [2.75, 3.05) is 33.3 Å². The maximum absolute atomic E-state index is 14.9. The van der Waals surface area contributed by atoms with Crippen LogP contribution in [0.2, 0.25) is 0 Å². The van der Waals surface area contributed by atoms with Crippen LogP contribution in [0.1, 0.15) is 65.1 Å². The number of rotatable bonds is 3. The number of nitrogens with one attached hydrogen (secondary N) is 2. The van der Waals surface area contributed by atoms with E-state index in [0.29, 0.717) is 55.5 Å². The number of methoxy groups -OCH3 is 1. The van der Waals surface area contributed by atoms with Gasteiger partial charge in [0.05, 0.1) is 24.8 Å². The molecule has 1 saturated heterocycles. The molecule has 45 heavy (non-hydrogen) atoms. The van der Waals surface area contributed by atoms with Gasteiger partial charge < -0.3 is 29.7 Å². The van der Waals surface area contributed by atoms with Gasteiger partial charge in [-0.2, -0.15) is 0 Å². The molecule has 1 fully saturated rings. The van der Waals surface area contributed by atoms with Crippen LogP contribution in [0.5, 0.6) is 5.75 Å². The Morgan fingerprint density at radius 1 is 1.09 bits per heavy atom. The van der Waals surface area contributed by atoms with Gasteiger partial charge in [0.1, 0.15) is 17.6 Å². The molecule has 3 heterocycles. The first kappa shape index (κ1) is 32.0. The molecule has 2 atom stereocenters. The number of ether oxygens (including phenoxy) is 1. The fourth-order valence-electron chi connectivity index (χ4n) is 6.34. The second kappa shape index (κ2) is 13.3. The molecular formula is C34H42FN5O5. The zero-order valence-corrected chi connectivity index (χ0v) is 26.6. The van der Waals surface area contributed by atoms with Crippen molar-refractivity contribution >= 4 is 34.5 Å². The van der Waals surface area contributed by atoms with Gasteiger partial charge in [0.25, 0.3) is 11.8 Å². The first-order valence-electron chi connectivity index (χ1n) is 15.6. The van der Waals surface area contributed by atoms with Crippen LogP contribution in [0.15, 0.2) is 36.4 Å². The van der Waals surface area contributed by atoms with Crippen LogP contribution in [-0.2, 0) is 23.1 Å². The van der Waals surface area contributed by atoms with Gasteiger partial charge in [0.2, 0.25) is 11.8 Å². The summed E-state index contributed by atoms with van der Waals surface area (Å²) in [5.41, 5.74) is 2.77. The van der Waals surface area contributed by atoms with Gasteiger partial charge in [-0.1, -0.05) is 19.9 Å². The van der Waals surface area contributed by atoms with E-state index in [9.17, 15) is 23.6 Å². The van der Waals surface area contributed by atoms with Gasteiger partial charge in [-0.05, 0) is 74.4 Å². The van der Waals surface area contributed by atoms with Crippen LogP contribution < -0.4 is 15.4 Å². The second-order valence-corrected chi connectivity index (χ2v) is 12.4. The molecule has 0 saturated carbocycles. The van der Waals surface area contributed by atoms with E-state index in [0.717, 1.165) is 16.8 Å². The summed E-state index contributed by atoms with van der Waals surface area (Å²) in [6.45, 7) is 6.29. The molecule has 240 valence electrons. The van der Waals surface area contributed by atoms with Gasteiger partial charge in [0.15, 0.2) is 0 Å². The summed E-state index contributed by atoms with van der Waals surface area (Å²) in [5, 5.41) is 6.69. The van der Waals surface area contributed by atoms with Crippen molar-refractivity contribution in [3.8, 4) is 5.75 Å². The Kier molecular flexibility index (Phi) is 9.45. The van der Waals surface area contributed by atoms with Crippen LogP contribution in [0.4, 0.5) is 4.39 Å². The molecule has 0 aliphatic carbocycles. The average Bonchev–Trinajstić information content (AvgIpc) is 3.60. The number of carbonyl (C=O) groups is 4. The van der Waals surface area contributed by atoms with Gasteiger partial charge in [0, 0.05) is 49.3 Å². The Hall–Kier alpha value is -4.41. The lowest BCUT2D eigenvalue weighted by Gasteiger charge is -2.32. The molecule has 2 bridgehead atoms. The number of benzene rings is 2. The highest BCUT2D eigenvalue weighted by atomic mass is 19.1. The van der Waals surface area contributed by atoms with E-state index in [2.05, 4.69) is 10.6 Å². The van der Waals surface area contributed by atoms with Gasteiger partial charge >= 0.3 is 0 Å². The molecule has 11 heteroatoms. The van der Waals surface area contributed by atoms with Crippen LogP contribution in [0.25, 0.3) is 10.9 Å². The van der Waals surface area contributed by atoms with E-state index in [-0.39, 0.29) is 42.3 Å². The third-order valence-electron chi connectivity index (χ3n) is 9.13. The number of halogens is 1. The predicted octanol–water partition coefficient (Wildman–Crippen LogP) is 3.58. The summed E-state index contributed by atoms with van der Waals surface area (Å²) < 4.78 is 22.2. The van der Waals surface area contributed by atoms with E-state index < -0.39 is 23.8 Å². The standard InChI is InChI=1S/C34H42FN5O5/c1-20(2)27-18-39(34(44)31-21(3)38(4)28-13-11-23(45-5)17-25(28)31)19-30(41)36-14-6-8-22-10-12-26(35)24(16-22)33(43)40-15-7-9-29(40)32(42)37-27/h10-13,16-17,20,27,29H,6-9,14-15,18-19H2,1-5H3,(H,36,41)(H,37,42)/t27-,29-/m0/s1. The molecular weight excluding hydrogens is 577 g/mol. The zero-order valence-electron chi connectivity index (χ0n) is 26.6. The van der Waals surface area contributed by atoms with Crippen molar-refractivity contribution in [3.63, 3.8) is 0 Å². The molecule has 2 aliphatic rings. The highest BCUT2D eigenvalue weighted by molar-refractivity contribution is 6.09. The summed E-state index contributed by atoms with van der Waals surface area (Å²) in [4.78, 5) is 57.9. The minimum atomic E-state index is -0.766. The molecule has 2 N–H and O–H groups in total. The minimum absolute atomic E-state index is 0.0557. The Bertz CT molecular complexity index is 1630. The van der Waals surface area contributed by atoms with Crippen LogP contribution >= 0.6 is 0 Å². The lowest BCUT2D eigenvalue weighted by Crippen LogP contribution is -2.55. The quantitative estimate of drug-likeness (QED) is 0.466. The number of nitrogens with zero attached hydrogens (tertiary/aromatic N) is 3. The number of carbonyl (C=O) groups excluding carboxylic acids is 4. The fourth-order valence-corrected chi connectivity index (χ4v) is 6.34. The first-order valence-corrected chi connectivity index (χ1v) is 15.6. The number of amides is 4. The minimum Gasteiger partial charge on any atom is -0.497 e. The molecule has 2 aromatic carbocycles. The third kappa shape index (κ3) is 6.53. The first-order chi connectivity index (χ1) is 21.5. The molecule has 0 unspecified atom stereocenters. The molecule has 1 aromatic heterocycles. The van der Waals surface area contributed by atoms with Crippen molar-refractivity contribution in [1.29, 1.82) is 0 Å². The number of hydrogen-bond donors (Lipinski definition) is 2. The summed E-state index contributed by atoms with van der Waals surface area (Å²) >= 11 is 0. The molecule has 3 aromatic rings. The number of aromatic nitrogens is 1. The van der Waals surface area contributed by atoms with Crippen molar-refractivity contribution in [2.24, 2.45) is 13.0 Å². The lowest BCUT2D eigenvalue weighted by atomic mass is 10.0. The number of fused-ring (bicyclic) bond motifs is 4. The zero-order chi connectivity index (χ0) is 32.4. The Morgan fingerprint density at radius 3 is 2.60 bits per heavy atom. The van der Waals surface area contributed by atoms with Crippen molar-refractivity contribution in [1.82, 2.24) is 25.0 Å². The molecule has 10 nitrogen and oxygen atoms in total. The Labute approximate surface area is 262 Å². The summed E-state index contributed by atoms with van der Waals surface area (Å²) in [6, 6.07) is 8.73. The Balaban J connectivity index is 1.51. The van der Waals surface area contributed by atoms with E-state index in [1.807, 2.05) is 50.6 Å². The highest BCUT2D eigenvalue weighted by Crippen LogP contribution is 2.30. The molecule has 0 spiro atoms. The van der Waals surface area contributed by atoms with Gasteiger partial charge in [-0.25, -0.2) is 4.39 Å². The SMILES string of the molecule is COc1ccc2c(c1)c(C(=O)N1CC(=O)NCCCc3ccc(F)c(c3)C(=O)N3CCC[C@H]3C(=O)N[C@H](C(C)C)C1)c(C)n2C. The summed E-state index contributed by atoms with van der Waals surface area (Å²) in [7, 11) is 3.45. The van der Waals surface area contributed by atoms with Crippen molar-refractivity contribution < 1.29 is 28.3 Å². The van der Waals surface area contributed by atoms with Crippen molar-refractivity contribution in [2.45, 2.75) is 58.5 Å². The molecule has 2 aliphatic heterocycles. The fraction of sp³-hybridized carbons (Fsp3) is 0.471. The van der Waals surface area contributed by atoms with Gasteiger partial charge in [-0.3, -0.25) is 19.2 Å². The lowest BCUT2D eigenvalue weighted by molar-refractivity contribution is -0.126. The topological polar surface area (TPSA) is 113 Å². The normalized spacial score (nSPS) is 20.2. The molecule has 5 rings (SSSR count). The van der Waals surface area contributed by atoms with Crippen LogP contribution in [0, 0.1) is 18.7 Å². The number of aryl methyl sites for hydroxylation is 2. The van der Waals surface area contributed by atoms with E-state index in [4.69, 9.17) is 4.74 Å². The second-order valence-electron chi connectivity index (χ2n) is 12.4. The highest BCUT2D eigenvalue weighted by Gasteiger charge is 2.37. The van der Waals surface area contributed by atoms with Crippen LogP contribution in [0.3, 0.4) is 0 Å². The van der Waals surface area contributed by atoms with Crippen molar-refractivity contribution in [3.05, 3.63) is 64.6 Å². The third-order valence-corrected chi connectivity index (χ3v) is 9.13. The monoisotopic (exact) mass is 619 g/mol. The molecule has 0 radical (unpaired) electrons.